The van der Waals surface area contributed by atoms with E-state index in [4.69, 9.17) is 4.42 Å². The topological polar surface area (TPSA) is 73.0 Å². The zero-order valence-electron chi connectivity index (χ0n) is 13.6. The van der Waals surface area contributed by atoms with Gasteiger partial charge in [-0.25, -0.2) is 9.67 Å². The highest BCUT2D eigenvalue weighted by Crippen LogP contribution is 2.29. The van der Waals surface area contributed by atoms with Crippen LogP contribution in [-0.2, 0) is 4.79 Å². The van der Waals surface area contributed by atoms with Crippen LogP contribution in [0.4, 0.5) is 0 Å². The lowest BCUT2D eigenvalue weighted by atomic mass is 10.1. The summed E-state index contributed by atoms with van der Waals surface area (Å²) in [5.74, 6) is 1.93. The Morgan fingerprint density at radius 2 is 2.12 bits per heavy atom. The van der Waals surface area contributed by atoms with Gasteiger partial charge in [0.2, 0.25) is 11.7 Å². The molecule has 1 fully saturated rings. The molecule has 1 aliphatic rings. The highest BCUT2D eigenvalue weighted by Gasteiger charge is 2.29. The Morgan fingerprint density at radius 3 is 2.83 bits per heavy atom. The molecule has 1 aromatic carbocycles. The van der Waals surface area contributed by atoms with Gasteiger partial charge in [-0.05, 0) is 49.6 Å². The summed E-state index contributed by atoms with van der Waals surface area (Å²) in [7, 11) is 0. The van der Waals surface area contributed by atoms with E-state index in [9.17, 15) is 4.79 Å². The van der Waals surface area contributed by atoms with Crippen molar-refractivity contribution in [2.24, 2.45) is 0 Å². The van der Waals surface area contributed by atoms with Crippen LogP contribution in [0.25, 0.3) is 17.3 Å². The number of amides is 1. The van der Waals surface area contributed by atoms with Crippen LogP contribution in [0.15, 0.2) is 41.0 Å². The summed E-state index contributed by atoms with van der Waals surface area (Å²) in [4.78, 5) is 16.3. The van der Waals surface area contributed by atoms with Crippen molar-refractivity contribution < 1.29 is 9.21 Å². The number of benzene rings is 1. The molecular formula is C18H18N4O2. The second-order valence-corrected chi connectivity index (χ2v) is 6.06. The third-order valence-electron chi connectivity index (χ3n) is 4.48. The molecule has 3 heterocycles. The van der Waals surface area contributed by atoms with E-state index >= 15 is 0 Å². The molecule has 6 nitrogen and oxygen atoms in total. The summed E-state index contributed by atoms with van der Waals surface area (Å²) in [6.07, 6.45) is 2.84. The second kappa shape index (κ2) is 5.63. The Hall–Kier alpha value is -2.89. The van der Waals surface area contributed by atoms with E-state index in [1.807, 2.05) is 28.9 Å². The third kappa shape index (κ3) is 2.40. The van der Waals surface area contributed by atoms with Crippen molar-refractivity contribution in [3.8, 4) is 17.3 Å². The molecule has 2 aromatic heterocycles. The fourth-order valence-electron chi connectivity index (χ4n) is 3.01. The normalized spacial score (nSPS) is 17.2. The standard InChI is InChI=1S/C18H18N4O2/c1-11-5-3-6-14(12(11)2)22-18(13-8-9-16(23)19-13)20-17(21-22)15-7-4-10-24-15/h3-7,10,13H,8-9H2,1-2H3,(H,19,23). The largest absolute Gasteiger partial charge is 0.461 e. The van der Waals surface area contributed by atoms with Crippen molar-refractivity contribution in [2.45, 2.75) is 32.7 Å². The van der Waals surface area contributed by atoms with Gasteiger partial charge < -0.3 is 9.73 Å². The maximum absolute atomic E-state index is 11.6. The van der Waals surface area contributed by atoms with E-state index < -0.39 is 0 Å². The first-order chi connectivity index (χ1) is 11.6. The molecule has 0 bridgehead atoms. The van der Waals surface area contributed by atoms with Gasteiger partial charge >= 0.3 is 0 Å². The van der Waals surface area contributed by atoms with Crippen LogP contribution < -0.4 is 5.32 Å². The lowest BCUT2D eigenvalue weighted by molar-refractivity contribution is -0.119. The summed E-state index contributed by atoms with van der Waals surface area (Å²) in [6, 6.07) is 9.60. The fourth-order valence-corrected chi connectivity index (χ4v) is 3.01. The molecule has 1 atom stereocenters. The van der Waals surface area contributed by atoms with Gasteiger partial charge in [0, 0.05) is 6.42 Å². The van der Waals surface area contributed by atoms with Crippen LogP contribution in [0.2, 0.25) is 0 Å². The number of aromatic nitrogens is 3. The summed E-state index contributed by atoms with van der Waals surface area (Å²) in [5.41, 5.74) is 3.29. The molecule has 6 heteroatoms. The number of carbonyl (C=O) groups is 1. The van der Waals surface area contributed by atoms with Crippen molar-refractivity contribution >= 4 is 5.91 Å². The van der Waals surface area contributed by atoms with Gasteiger partial charge in [0.05, 0.1) is 18.0 Å². The van der Waals surface area contributed by atoms with E-state index in [1.165, 1.54) is 5.56 Å². The molecule has 1 unspecified atom stereocenters. The molecule has 1 N–H and O–H groups in total. The first kappa shape index (κ1) is 14.7. The zero-order chi connectivity index (χ0) is 16.7. The summed E-state index contributed by atoms with van der Waals surface area (Å²) in [6.45, 7) is 4.14. The van der Waals surface area contributed by atoms with E-state index in [1.54, 1.807) is 6.26 Å². The Kier molecular flexibility index (Phi) is 3.45. The van der Waals surface area contributed by atoms with E-state index in [-0.39, 0.29) is 11.9 Å². The molecule has 122 valence electrons. The molecular weight excluding hydrogens is 304 g/mol. The maximum atomic E-state index is 11.6. The smallest absolute Gasteiger partial charge is 0.220 e. The third-order valence-corrected chi connectivity index (χ3v) is 4.48. The van der Waals surface area contributed by atoms with Gasteiger partial charge in [0.25, 0.3) is 0 Å². The average Bonchev–Trinajstić information content (AvgIpc) is 3.29. The molecule has 0 radical (unpaired) electrons. The molecule has 0 aliphatic carbocycles. The van der Waals surface area contributed by atoms with Crippen molar-refractivity contribution in [2.75, 3.05) is 0 Å². The number of nitrogens with zero attached hydrogens (tertiary/aromatic N) is 3. The van der Waals surface area contributed by atoms with Crippen molar-refractivity contribution in [1.82, 2.24) is 20.1 Å². The van der Waals surface area contributed by atoms with Gasteiger partial charge in [0.1, 0.15) is 0 Å². The fraction of sp³-hybridized carbons (Fsp3) is 0.278. The lowest BCUT2D eigenvalue weighted by Gasteiger charge is -2.14. The van der Waals surface area contributed by atoms with Crippen molar-refractivity contribution in [1.29, 1.82) is 0 Å². The average molecular weight is 322 g/mol. The number of furan rings is 1. The van der Waals surface area contributed by atoms with Gasteiger partial charge in [-0.15, -0.1) is 5.10 Å². The van der Waals surface area contributed by atoms with Gasteiger partial charge in [-0.2, -0.15) is 0 Å². The summed E-state index contributed by atoms with van der Waals surface area (Å²) >= 11 is 0. The number of rotatable bonds is 3. The summed E-state index contributed by atoms with van der Waals surface area (Å²) < 4.78 is 7.27. The van der Waals surface area contributed by atoms with Crippen LogP contribution in [0.5, 0.6) is 0 Å². The quantitative estimate of drug-likeness (QED) is 0.804. The van der Waals surface area contributed by atoms with Crippen LogP contribution in [0.3, 0.4) is 0 Å². The lowest BCUT2D eigenvalue weighted by Crippen LogP contribution is -2.22. The Bertz CT molecular complexity index is 896. The first-order valence-corrected chi connectivity index (χ1v) is 8.00. The van der Waals surface area contributed by atoms with Crippen LogP contribution in [0, 0.1) is 13.8 Å². The number of carbonyl (C=O) groups excluding carboxylic acids is 1. The van der Waals surface area contributed by atoms with Crippen molar-refractivity contribution in [3.05, 3.63) is 53.5 Å². The minimum Gasteiger partial charge on any atom is -0.461 e. The molecule has 1 aliphatic heterocycles. The molecule has 3 aromatic rings. The molecule has 4 rings (SSSR count). The predicted molar refractivity (Wildman–Crippen MR) is 88.7 cm³/mol. The Labute approximate surface area is 139 Å². The first-order valence-electron chi connectivity index (χ1n) is 8.00. The van der Waals surface area contributed by atoms with Crippen LogP contribution >= 0.6 is 0 Å². The molecule has 1 amide bonds. The van der Waals surface area contributed by atoms with Crippen LogP contribution in [-0.4, -0.2) is 20.7 Å². The minimum atomic E-state index is -0.131. The van der Waals surface area contributed by atoms with E-state index in [0.717, 1.165) is 23.5 Å². The number of aryl methyl sites for hydroxylation is 1. The second-order valence-electron chi connectivity index (χ2n) is 6.06. The number of nitrogens with one attached hydrogen (secondary N) is 1. The Morgan fingerprint density at radius 1 is 1.25 bits per heavy atom. The molecule has 0 spiro atoms. The molecule has 24 heavy (non-hydrogen) atoms. The Balaban J connectivity index is 1.87. The highest BCUT2D eigenvalue weighted by molar-refractivity contribution is 5.78. The predicted octanol–water partition coefficient (Wildman–Crippen LogP) is 3.10. The van der Waals surface area contributed by atoms with Gasteiger partial charge in [0.15, 0.2) is 11.6 Å². The number of hydrogen-bond donors (Lipinski definition) is 1. The van der Waals surface area contributed by atoms with E-state index in [0.29, 0.717) is 18.0 Å². The van der Waals surface area contributed by atoms with Crippen LogP contribution in [0.1, 0.15) is 35.8 Å². The van der Waals surface area contributed by atoms with Gasteiger partial charge in [-0.1, -0.05) is 12.1 Å². The minimum absolute atomic E-state index is 0.0510. The zero-order valence-corrected chi connectivity index (χ0v) is 13.6. The monoisotopic (exact) mass is 322 g/mol. The van der Waals surface area contributed by atoms with E-state index in [2.05, 4.69) is 35.3 Å². The maximum Gasteiger partial charge on any atom is 0.220 e. The summed E-state index contributed by atoms with van der Waals surface area (Å²) in [5, 5.41) is 7.64. The molecule has 0 saturated carbocycles. The van der Waals surface area contributed by atoms with Crippen molar-refractivity contribution in [3.63, 3.8) is 0 Å². The number of hydrogen-bond acceptors (Lipinski definition) is 4. The highest BCUT2D eigenvalue weighted by atomic mass is 16.3. The van der Waals surface area contributed by atoms with Gasteiger partial charge in [-0.3, -0.25) is 4.79 Å². The molecule has 1 saturated heterocycles. The SMILES string of the molecule is Cc1cccc(-n2nc(-c3ccco3)nc2C2CCC(=O)N2)c1C.